The molecule has 0 bridgehead atoms. The molecule has 0 aliphatic carbocycles. The zero-order chi connectivity index (χ0) is 23.1. The van der Waals surface area contributed by atoms with E-state index < -0.39 is 15.4 Å². The summed E-state index contributed by atoms with van der Waals surface area (Å²) in [5, 5.41) is 2.54. The number of halogens is 1. The molecule has 32 heavy (non-hydrogen) atoms. The maximum Gasteiger partial charge on any atom is 0.330 e. The number of piperazine rings is 1. The van der Waals surface area contributed by atoms with Crippen molar-refractivity contribution < 1.29 is 18.0 Å². The molecule has 0 unspecified atom stereocenters. The van der Waals surface area contributed by atoms with Crippen molar-refractivity contribution in [2.75, 3.05) is 31.1 Å². The first-order valence-corrected chi connectivity index (χ1v) is 12.6. The largest absolute Gasteiger partial charge is 0.368 e. The van der Waals surface area contributed by atoms with E-state index in [1.165, 1.54) is 3.97 Å². The fourth-order valence-corrected chi connectivity index (χ4v) is 5.77. The van der Waals surface area contributed by atoms with Crippen molar-refractivity contribution in [1.29, 1.82) is 0 Å². The number of carbonyl (C=O) groups is 1. The molecule has 0 radical (unpaired) electrons. The minimum absolute atomic E-state index is 0.240. The smallest absolute Gasteiger partial charge is 0.330 e. The third-order valence-corrected chi connectivity index (χ3v) is 7.72. The van der Waals surface area contributed by atoms with Crippen molar-refractivity contribution in [3.8, 4) is 0 Å². The second-order valence-electron chi connectivity index (χ2n) is 8.81. The predicted octanol–water partition coefficient (Wildman–Crippen LogP) is 4.27. The monoisotopic (exact) mass is 519 g/mol. The number of rotatable bonds is 4. The van der Waals surface area contributed by atoms with Crippen LogP contribution in [-0.2, 0) is 19.7 Å². The van der Waals surface area contributed by atoms with Gasteiger partial charge in [0.05, 0.1) is 28.9 Å². The zero-order valence-corrected chi connectivity index (χ0v) is 20.7. The number of benzene rings is 2. The normalized spacial score (nSPS) is 15.8. The van der Waals surface area contributed by atoms with E-state index in [0.717, 1.165) is 11.1 Å². The molecule has 2 heterocycles. The van der Waals surface area contributed by atoms with Gasteiger partial charge in [0.1, 0.15) is 0 Å². The number of aromatic nitrogens is 1. The van der Waals surface area contributed by atoms with Crippen molar-refractivity contribution >= 4 is 48.5 Å². The Morgan fingerprint density at radius 2 is 1.62 bits per heavy atom. The Morgan fingerprint density at radius 3 is 2.25 bits per heavy atom. The number of fused-ring (bicyclic) bond motifs is 1. The topological polar surface area (TPSA) is 71.8 Å². The van der Waals surface area contributed by atoms with Crippen LogP contribution >= 0.6 is 15.9 Å². The summed E-state index contributed by atoms with van der Waals surface area (Å²) in [5.41, 5.74) is 0.999. The standard InChI is InChI=1S/C23H26BrN3O4S/c1-23(2,3)22(28)31-26-14-12-25(13-15-26)19-10-7-11-20-21(19)18(24)16-27(20)32(29,30)17-8-5-4-6-9-17/h4-11,16H,12-15H2,1-3H3. The highest BCUT2D eigenvalue weighted by atomic mass is 79.9. The lowest BCUT2D eigenvalue weighted by Crippen LogP contribution is -2.48. The van der Waals surface area contributed by atoms with Gasteiger partial charge in [-0.05, 0) is 61.0 Å². The number of nitrogens with zero attached hydrogens (tertiary/aromatic N) is 3. The summed E-state index contributed by atoms with van der Waals surface area (Å²) in [4.78, 5) is 20.1. The summed E-state index contributed by atoms with van der Waals surface area (Å²) in [6, 6.07) is 14.1. The van der Waals surface area contributed by atoms with Crippen molar-refractivity contribution in [2.45, 2.75) is 25.7 Å². The lowest BCUT2D eigenvalue weighted by atomic mass is 9.98. The molecule has 2 aromatic carbocycles. The van der Waals surface area contributed by atoms with Crippen LogP contribution in [-0.4, -0.2) is 49.6 Å². The van der Waals surface area contributed by atoms with Gasteiger partial charge in [-0.2, -0.15) is 0 Å². The van der Waals surface area contributed by atoms with Gasteiger partial charge < -0.3 is 9.74 Å². The van der Waals surface area contributed by atoms with Gasteiger partial charge in [-0.25, -0.2) is 17.2 Å². The second kappa shape index (κ2) is 8.53. The van der Waals surface area contributed by atoms with Gasteiger partial charge in [0.25, 0.3) is 10.0 Å². The summed E-state index contributed by atoms with van der Waals surface area (Å²) in [6.07, 6.45) is 1.61. The quantitative estimate of drug-likeness (QED) is 0.512. The molecular formula is C23H26BrN3O4S. The fourth-order valence-electron chi connectivity index (χ4n) is 3.64. The molecule has 1 fully saturated rings. The lowest BCUT2D eigenvalue weighted by molar-refractivity contribution is -0.201. The van der Waals surface area contributed by atoms with Gasteiger partial charge in [0.15, 0.2) is 0 Å². The van der Waals surface area contributed by atoms with Gasteiger partial charge in [-0.1, -0.05) is 24.3 Å². The Labute approximate surface area is 196 Å². The summed E-state index contributed by atoms with van der Waals surface area (Å²) in [5.74, 6) is -0.251. The summed E-state index contributed by atoms with van der Waals surface area (Å²) < 4.78 is 28.5. The first kappa shape index (κ1) is 22.8. The summed E-state index contributed by atoms with van der Waals surface area (Å²) >= 11 is 3.57. The van der Waals surface area contributed by atoms with Crippen molar-refractivity contribution in [3.05, 3.63) is 59.2 Å². The molecule has 0 spiro atoms. The molecule has 7 nitrogen and oxygen atoms in total. The number of hydrogen-bond acceptors (Lipinski definition) is 6. The maximum atomic E-state index is 13.2. The van der Waals surface area contributed by atoms with Crippen LogP contribution in [0.3, 0.4) is 0 Å². The average molecular weight is 520 g/mol. The Bertz CT molecular complexity index is 1240. The molecule has 0 atom stereocenters. The third-order valence-electron chi connectivity index (χ3n) is 5.43. The number of hydrogen-bond donors (Lipinski definition) is 0. The molecule has 0 saturated carbocycles. The average Bonchev–Trinajstić information content (AvgIpc) is 3.12. The Balaban J connectivity index is 1.62. The van der Waals surface area contributed by atoms with E-state index in [-0.39, 0.29) is 10.9 Å². The number of hydroxylamine groups is 2. The van der Waals surface area contributed by atoms with E-state index in [0.29, 0.717) is 36.2 Å². The van der Waals surface area contributed by atoms with Crippen LogP contribution in [0.2, 0.25) is 0 Å². The van der Waals surface area contributed by atoms with Crippen molar-refractivity contribution in [3.63, 3.8) is 0 Å². The molecule has 1 saturated heterocycles. The molecule has 4 rings (SSSR count). The van der Waals surface area contributed by atoms with E-state index in [2.05, 4.69) is 20.8 Å². The highest BCUT2D eigenvalue weighted by Gasteiger charge is 2.29. The Kier molecular flexibility index (Phi) is 6.08. The molecule has 3 aromatic rings. The molecule has 9 heteroatoms. The van der Waals surface area contributed by atoms with Gasteiger partial charge in [-0.3, -0.25) is 0 Å². The number of anilines is 1. The first-order chi connectivity index (χ1) is 15.1. The first-order valence-electron chi connectivity index (χ1n) is 10.4. The molecule has 170 valence electrons. The van der Waals surface area contributed by atoms with Gasteiger partial charge >= 0.3 is 5.97 Å². The van der Waals surface area contributed by atoms with Crippen LogP contribution in [0.15, 0.2) is 64.1 Å². The third kappa shape index (κ3) is 4.29. The van der Waals surface area contributed by atoms with Crippen LogP contribution in [0.1, 0.15) is 20.8 Å². The molecular weight excluding hydrogens is 494 g/mol. The molecule has 1 aliphatic rings. The van der Waals surface area contributed by atoms with E-state index in [4.69, 9.17) is 4.84 Å². The van der Waals surface area contributed by atoms with Crippen LogP contribution < -0.4 is 4.90 Å². The van der Waals surface area contributed by atoms with E-state index >= 15 is 0 Å². The van der Waals surface area contributed by atoms with Crippen molar-refractivity contribution in [1.82, 2.24) is 9.04 Å². The van der Waals surface area contributed by atoms with Gasteiger partial charge in [-0.15, -0.1) is 5.06 Å². The van der Waals surface area contributed by atoms with E-state index in [1.54, 1.807) is 41.6 Å². The van der Waals surface area contributed by atoms with Crippen LogP contribution in [0, 0.1) is 5.41 Å². The zero-order valence-electron chi connectivity index (χ0n) is 18.3. The van der Waals surface area contributed by atoms with Crippen LogP contribution in [0.25, 0.3) is 10.9 Å². The van der Waals surface area contributed by atoms with Crippen LogP contribution in [0.4, 0.5) is 5.69 Å². The minimum atomic E-state index is -3.73. The van der Waals surface area contributed by atoms with Crippen LogP contribution in [0.5, 0.6) is 0 Å². The van der Waals surface area contributed by atoms with Crippen molar-refractivity contribution in [2.24, 2.45) is 5.41 Å². The van der Waals surface area contributed by atoms with E-state index in [9.17, 15) is 13.2 Å². The summed E-state index contributed by atoms with van der Waals surface area (Å²) in [6.45, 7) is 7.94. The molecule has 1 aromatic heterocycles. The van der Waals surface area contributed by atoms with E-state index in [1.807, 2.05) is 39.0 Å². The lowest BCUT2D eigenvalue weighted by Gasteiger charge is -2.36. The molecule has 0 amide bonds. The molecule has 0 N–H and O–H groups in total. The van der Waals surface area contributed by atoms with Gasteiger partial charge in [0, 0.05) is 34.8 Å². The second-order valence-corrected chi connectivity index (χ2v) is 11.5. The Morgan fingerprint density at radius 1 is 0.969 bits per heavy atom. The van der Waals surface area contributed by atoms with Gasteiger partial charge in [0.2, 0.25) is 0 Å². The number of carbonyl (C=O) groups excluding carboxylic acids is 1. The highest BCUT2D eigenvalue weighted by molar-refractivity contribution is 9.10. The maximum absolute atomic E-state index is 13.2. The Hall–Kier alpha value is -2.36. The SMILES string of the molecule is CC(C)(C)C(=O)ON1CCN(c2cccc3c2c(Br)cn3S(=O)(=O)c2ccccc2)CC1. The highest BCUT2D eigenvalue weighted by Crippen LogP contribution is 2.37. The predicted molar refractivity (Wildman–Crippen MR) is 128 cm³/mol. The minimum Gasteiger partial charge on any atom is -0.368 e. The molecule has 1 aliphatic heterocycles. The fraction of sp³-hybridized carbons (Fsp3) is 0.348. The summed E-state index contributed by atoms with van der Waals surface area (Å²) in [7, 11) is -3.73.